The minimum absolute atomic E-state index is 0.0921. The van der Waals surface area contributed by atoms with Crippen LogP contribution in [0.5, 0.6) is 0 Å². The average Bonchev–Trinajstić information content (AvgIpc) is 2.59. The second-order valence-electron chi connectivity index (χ2n) is 5.32. The van der Waals surface area contributed by atoms with E-state index in [2.05, 4.69) is 6.92 Å². The Morgan fingerprint density at radius 1 is 1.50 bits per heavy atom. The molecule has 0 aliphatic carbocycles. The highest BCUT2D eigenvalue weighted by Crippen LogP contribution is 2.32. The van der Waals surface area contributed by atoms with Gasteiger partial charge >= 0.3 is 7.12 Å². The van der Waals surface area contributed by atoms with Crippen molar-refractivity contribution in [1.29, 1.82) is 0 Å². The summed E-state index contributed by atoms with van der Waals surface area (Å²) in [5.74, 6) is 0.163. The Morgan fingerprint density at radius 3 is 2.61 bits per heavy atom. The Balaban J connectivity index is 2.59. The Bertz CT molecular complexity index is 347. The molecule has 0 aromatic heterocycles. The van der Waals surface area contributed by atoms with Crippen LogP contribution in [0.1, 0.15) is 41.0 Å². The molecule has 0 aromatic rings. The van der Waals surface area contributed by atoms with Crippen LogP contribution in [0.2, 0.25) is 5.82 Å². The first kappa shape index (κ1) is 15.2. The van der Waals surface area contributed by atoms with Gasteiger partial charge in [-0.05, 0) is 33.3 Å². The van der Waals surface area contributed by atoms with E-state index in [0.717, 1.165) is 11.9 Å². The fourth-order valence-electron chi connectivity index (χ4n) is 1.76. The van der Waals surface area contributed by atoms with Crippen LogP contribution in [0, 0.1) is 0 Å². The highest BCUT2D eigenvalue weighted by Gasteiger charge is 2.44. The maximum absolute atomic E-state index is 10.5. The predicted molar refractivity (Wildman–Crippen MR) is 74.5 cm³/mol. The second kappa shape index (κ2) is 6.35. The van der Waals surface area contributed by atoms with E-state index in [9.17, 15) is 4.79 Å². The van der Waals surface area contributed by atoms with Crippen molar-refractivity contribution in [2.45, 2.75) is 58.6 Å². The van der Waals surface area contributed by atoms with Crippen LogP contribution in [-0.2, 0) is 14.1 Å². The number of hydrogen-bond donors (Lipinski definition) is 0. The fraction of sp³-hybridized carbons (Fsp3) is 0.643. The van der Waals surface area contributed by atoms with Gasteiger partial charge in [-0.15, -0.1) is 0 Å². The van der Waals surface area contributed by atoms with Crippen LogP contribution in [0.15, 0.2) is 23.8 Å². The summed E-state index contributed by atoms with van der Waals surface area (Å²) < 4.78 is 11.7. The van der Waals surface area contributed by atoms with Crippen molar-refractivity contribution in [2.24, 2.45) is 0 Å². The third-order valence-corrected chi connectivity index (χ3v) is 3.47. The summed E-state index contributed by atoms with van der Waals surface area (Å²) in [7, 11) is -0.208. The van der Waals surface area contributed by atoms with Gasteiger partial charge in [0.25, 0.3) is 0 Å². The molecule has 100 valence electrons. The van der Waals surface area contributed by atoms with Gasteiger partial charge in [0.2, 0.25) is 0 Å². The highest BCUT2D eigenvalue weighted by molar-refractivity contribution is 6.47. The molecule has 4 heteroatoms. The molecule has 1 saturated heterocycles. The molecular formula is C14H23BO3. The Labute approximate surface area is 110 Å². The zero-order chi connectivity index (χ0) is 13.8. The quantitative estimate of drug-likeness (QED) is 0.427. The predicted octanol–water partition coefficient (Wildman–Crippen LogP) is 3.17. The van der Waals surface area contributed by atoms with Crippen LogP contribution in [0.25, 0.3) is 0 Å². The lowest BCUT2D eigenvalue weighted by Crippen LogP contribution is -2.30. The number of carbonyl (C=O) groups is 1. The van der Waals surface area contributed by atoms with Gasteiger partial charge in [-0.3, -0.25) is 0 Å². The van der Waals surface area contributed by atoms with Crippen LogP contribution >= 0.6 is 0 Å². The molecule has 0 amide bonds. The first-order chi connectivity index (χ1) is 8.40. The largest absolute Gasteiger partial charge is 0.464 e. The maximum atomic E-state index is 10.5. The molecule has 2 atom stereocenters. The molecule has 0 radical (unpaired) electrons. The van der Waals surface area contributed by atoms with E-state index in [-0.39, 0.29) is 24.6 Å². The van der Waals surface area contributed by atoms with E-state index in [0.29, 0.717) is 6.42 Å². The first-order valence-corrected chi connectivity index (χ1v) is 6.51. The van der Waals surface area contributed by atoms with Crippen LogP contribution in [0.3, 0.4) is 0 Å². The monoisotopic (exact) mass is 250 g/mol. The second-order valence-corrected chi connectivity index (χ2v) is 5.32. The van der Waals surface area contributed by atoms with Crippen molar-refractivity contribution >= 4 is 13.4 Å². The van der Waals surface area contributed by atoms with Crippen molar-refractivity contribution in [3.05, 3.63) is 23.8 Å². The zero-order valence-corrected chi connectivity index (χ0v) is 12.0. The number of aldehydes is 1. The molecule has 2 unspecified atom stereocenters. The smallest absolute Gasteiger partial charge is 0.405 e. The normalized spacial score (nSPS) is 25.7. The molecule has 0 bridgehead atoms. The molecule has 0 N–H and O–H groups in total. The van der Waals surface area contributed by atoms with Gasteiger partial charge in [0.15, 0.2) is 0 Å². The van der Waals surface area contributed by atoms with E-state index in [4.69, 9.17) is 9.31 Å². The lowest BCUT2D eigenvalue weighted by molar-refractivity contribution is -0.107. The van der Waals surface area contributed by atoms with Crippen molar-refractivity contribution in [3.8, 4) is 0 Å². The van der Waals surface area contributed by atoms with Crippen LogP contribution in [0.4, 0.5) is 0 Å². The van der Waals surface area contributed by atoms with Gasteiger partial charge in [-0.2, -0.15) is 0 Å². The van der Waals surface area contributed by atoms with Gasteiger partial charge in [0.05, 0.1) is 11.7 Å². The Hall–Kier alpha value is -0.865. The SMILES string of the molecule is C/C=C(\C=C/C(C)B1OC(C)C(C)(C)O1)CC=O. The summed E-state index contributed by atoms with van der Waals surface area (Å²) in [6, 6.07) is 0. The van der Waals surface area contributed by atoms with Crippen molar-refractivity contribution < 1.29 is 14.1 Å². The molecule has 0 saturated carbocycles. The number of rotatable bonds is 5. The molecular weight excluding hydrogens is 227 g/mol. The summed E-state index contributed by atoms with van der Waals surface area (Å²) >= 11 is 0. The fourth-order valence-corrected chi connectivity index (χ4v) is 1.76. The number of carbonyl (C=O) groups excluding carboxylic acids is 1. The molecule has 1 rings (SSSR count). The third kappa shape index (κ3) is 3.82. The minimum atomic E-state index is -0.237. The van der Waals surface area contributed by atoms with Gasteiger partial charge in [0, 0.05) is 12.2 Å². The molecule has 1 aliphatic heterocycles. The molecule has 1 fully saturated rings. The van der Waals surface area contributed by atoms with Gasteiger partial charge in [0.1, 0.15) is 6.29 Å². The number of allylic oxidation sites excluding steroid dienone is 4. The Kier molecular flexibility index (Phi) is 5.36. The van der Waals surface area contributed by atoms with E-state index in [1.807, 2.05) is 45.9 Å². The topological polar surface area (TPSA) is 35.5 Å². The van der Waals surface area contributed by atoms with Gasteiger partial charge in [-0.25, -0.2) is 0 Å². The van der Waals surface area contributed by atoms with Gasteiger partial charge in [-0.1, -0.05) is 25.2 Å². The van der Waals surface area contributed by atoms with Crippen molar-refractivity contribution in [2.75, 3.05) is 0 Å². The third-order valence-electron chi connectivity index (χ3n) is 3.47. The van der Waals surface area contributed by atoms with E-state index >= 15 is 0 Å². The standard InChI is InChI=1S/C14H23BO3/c1-6-13(9-10-16)8-7-11(2)15-17-12(3)14(4,5)18-15/h6-8,10-12H,9H2,1-5H3/b8-7-,13-6+. The van der Waals surface area contributed by atoms with Crippen LogP contribution < -0.4 is 0 Å². The van der Waals surface area contributed by atoms with E-state index in [1.165, 1.54) is 0 Å². The summed E-state index contributed by atoms with van der Waals surface area (Å²) in [5, 5.41) is 0. The maximum Gasteiger partial charge on any atom is 0.464 e. The van der Waals surface area contributed by atoms with Crippen molar-refractivity contribution in [3.63, 3.8) is 0 Å². The molecule has 1 aliphatic rings. The molecule has 0 aromatic carbocycles. The zero-order valence-electron chi connectivity index (χ0n) is 12.0. The molecule has 0 spiro atoms. The minimum Gasteiger partial charge on any atom is -0.405 e. The summed E-state index contributed by atoms with van der Waals surface area (Å²) in [6.45, 7) is 10.1. The molecule has 1 heterocycles. The first-order valence-electron chi connectivity index (χ1n) is 6.51. The number of hydrogen-bond acceptors (Lipinski definition) is 3. The van der Waals surface area contributed by atoms with Crippen molar-refractivity contribution in [1.82, 2.24) is 0 Å². The molecule has 18 heavy (non-hydrogen) atoms. The lowest BCUT2D eigenvalue weighted by Gasteiger charge is -2.21. The summed E-state index contributed by atoms with van der Waals surface area (Å²) in [4.78, 5) is 10.5. The van der Waals surface area contributed by atoms with Crippen LogP contribution in [-0.4, -0.2) is 25.1 Å². The van der Waals surface area contributed by atoms with E-state index in [1.54, 1.807) is 0 Å². The lowest BCUT2D eigenvalue weighted by atomic mass is 9.73. The van der Waals surface area contributed by atoms with Gasteiger partial charge < -0.3 is 14.1 Å². The highest BCUT2D eigenvalue weighted by atomic mass is 16.7. The molecule has 3 nitrogen and oxygen atoms in total. The summed E-state index contributed by atoms with van der Waals surface area (Å²) in [5.41, 5.74) is 0.779. The Morgan fingerprint density at radius 2 is 2.17 bits per heavy atom. The average molecular weight is 250 g/mol. The van der Waals surface area contributed by atoms with E-state index < -0.39 is 0 Å². The summed E-state index contributed by atoms with van der Waals surface area (Å²) in [6.07, 6.45) is 7.42.